The molecule has 0 fully saturated rings. The van der Waals surface area contributed by atoms with Crippen LogP contribution >= 0.6 is 0 Å². The van der Waals surface area contributed by atoms with Crippen LogP contribution in [0.5, 0.6) is 0 Å². The molecule has 0 saturated carbocycles. The minimum atomic E-state index is -0.196. The second kappa shape index (κ2) is 3.58. The highest BCUT2D eigenvalue weighted by molar-refractivity contribution is 5.66. The lowest BCUT2D eigenvalue weighted by Crippen LogP contribution is -1.88. The topological polar surface area (TPSA) is 12.9 Å². The zero-order valence-corrected chi connectivity index (χ0v) is 7.87. The molecular weight excluding hydrogens is 177 g/mol. The molecule has 0 bridgehead atoms. The number of hydrogen-bond donors (Lipinski definition) is 0. The van der Waals surface area contributed by atoms with E-state index in [1.54, 1.807) is 24.5 Å². The number of benzene rings is 1. The van der Waals surface area contributed by atoms with Gasteiger partial charge in [0.05, 0.1) is 0 Å². The molecule has 0 radical (unpaired) electrons. The van der Waals surface area contributed by atoms with Crippen LogP contribution in [0.2, 0.25) is 0 Å². The maximum Gasteiger partial charge on any atom is 0.131 e. The van der Waals surface area contributed by atoms with E-state index in [1.165, 1.54) is 6.07 Å². The van der Waals surface area contributed by atoms with Gasteiger partial charge in [-0.1, -0.05) is 18.2 Å². The maximum absolute atomic E-state index is 13.5. The highest BCUT2D eigenvalue weighted by Crippen LogP contribution is 2.25. The number of halogens is 1. The van der Waals surface area contributed by atoms with Crippen molar-refractivity contribution >= 4 is 0 Å². The van der Waals surface area contributed by atoms with E-state index < -0.39 is 0 Å². The molecule has 14 heavy (non-hydrogen) atoms. The van der Waals surface area contributed by atoms with E-state index in [9.17, 15) is 4.39 Å². The third kappa shape index (κ3) is 1.51. The Bertz CT molecular complexity index is 417. The predicted octanol–water partition coefficient (Wildman–Crippen LogP) is 3.20. The van der Waals surface area contributed by atoms with Crippen molar-refractivity contribution in [1.29, 1.82) is 0 Å². The molecule has 0 saturated heterocycles. The predicted molar refractivity (Wildman–Crippen MR) is 54.4 cm³/mol. The number of pyridine rings is 1. The van der Waals surface area contributed by atoms with Crippen LogP contribution in [0.15, 0.2) is 42.7 Å². The molecule has 2 rings (SSSR count). The molecule has 0 aliphatic heterocycles. The summed E-state index contributed by atoms with van der Waals surface area (Å²) in [5.74, 6) is -0.196. The normalized spacial score (nSPS) is 10.1. The van der Waals surface area contributed by atoms with Gasteiger partial charge in [0.15, 0.2) is 0 Å². The number of nitrogens with zero attached hydrogens (tertiary/aromatic N) is 1. The summed E-state index contributed by atoms with van der Waals surface area (Å²) in [6.45, 7) is 1.89. The second-order valence-corrected chi connectivity index (χ2v) is 3.17. The molecule has 1 aromatic heterocycles. The van der Waals surface area contributed by atoms with Crippen molar-refractivity contribution in [1.82, 2.24) is 4.98 Å². The highest BCUT2D eigenvalue weighted by Gasteiger charge is 2.06. The average Bonchev–Trinajstić information content (AvgIpc) is 2.19. The molecule has 1 aromatic carbocycles. The van der Waals surface area contributed by atoms with Crippen molar-refractivity contribution in [3.8, 4) is 11.1 Å². The minimum absolute atomic E-state index is 0.196. The molecule has 1 heterocycles. The summed E-state index contributed by atoms with van der Waals surface area (Å²) < 4.78 is 13.5. The first-order chi connectivity index (χ1) is 6.79. The van der Waals surface area contributed by atoms with Crippen LogP contribution in [0, 0.1) is 12.7 Å². The minimum Gasteiger partial charge on any atom is -0.264 e. The number of aromatic nitrogens is 1. The Hall–Kier alpha value is -1.70. The Labute approximate surface area is 82.2 Å². The Morgan fingerprint density at radius 3 is 2.64 bits per heavy atom. The fourth-order valence-corrected chi connectivity index (χ4v) is 1.51. The third-order valence-electron chi connectivity index (χ3n) is 2.17. The SMILES string of the molecule is Cc1cccc(F)c1-c1cccnc1. The molecule has 0 N–H and O–H groups in total. The quantitative estimate of drug-likeness (QED) is 0.668. The van der Waals surface area contributed by atoms with Gasteiger partial charge < -0.3 is 0 Å². The van der Waals surface area contributed by atoms with Crippen LogP contribution in [-0.4, -0.2) is 4.98 Å². The Balaban J connectivity index is 2.63. The number of hydrogen-bond acceptors (Lipinski definition) is 1. The van der Waals surface area contributed by atoms with Gasteiger partial charge in [0.1, 0.15) is 5.82 Å². The summed E-state index contributed by atoms with van der Waals surface area (Å²) in [5, 5.41) is 0. The van der Waals surface area contributed by atoms with Gasteiger partial charge in [-0.15, -0.1) is 0 Å². The van der Waals surface area contributed by atoms with E-state index >= 15 is 0 Å². The van der Waals surface area contributed by atoms with E-state index in [0.717, 1.165) is 11.1 Å². The zero-order chi connectivity index (χ0) is 9.97. The van der Waals surface area contributed by atoms with Crippen molar-refractivity contribution in [2.24, 2.45) is 0 Å². The number of rotatable bonds is 1. The summed E-state index contributed by atoms with van der Waals surface area (Å²) in [7, 11) is 0. The van der Waals surface area contributed by atoms with Gasteiger partial charge >= 0.3 is 0 Å². The standard InChI is InChI=1S/C12H10FN/c1-9-4-2-6-11(13)12(9)10-5-3-7-14-8-10/h2-8H,1H3. The monoisotopic (exact) mass is 187 g/mol. The Morgan fingerprint density at radius 2 is 2.00 bits per heavy atom. The fourth-order valence-electron chi connectivity index (χ4n) is 1.51. The first-order valence-electron chi connectivity index (χ1n) is 4.44. The van der Waals surface area contributed by atoms with E-state index in [4.69, 9.17) is 0 Å². The van der Waals surface area contributed by atoms with Crippen molar-refractivity contribution in [2.75, 3.05) is 0 Å². The molecule has 0 aliphatic carbocycles. The van der Waals surface area contributed by atoms with Crippen molar-refractivity contribution in [3.05, 3.63) is 54.1 Å². The molecule has 1 nitrogen and oxygen atoms in total. The van der Waals surface area contributed by atoms with Crippen LogP contribution < -0.4 is 0 Å². The van der Waals surface area contributed by atoms with Crippen molar-refractivity contribution in [3.63, 3.8) is 0 Å². The lowest BCUT2D eigenvalue weighted by atomic mass is 10.0. The molecule has 0 atom stereocenters. The number of aryl methyl sites for hydroxylation is 1. The molecule has 0 spiro atoms. The average molecular weight is 187 g/mol. The van der Waals surface area contributed by atoms with Gasteiger partial charge in [-0.25, -0.2) is 4.39 Å². The van der Waals surface area contributed by atoms with E-state index in [2.05, 4.69) is 4.98 Å². The van der Waals surface area contributed by atoms with Gasteiger partial charge in [-0.05, 0) is 24.6 Å². The zero-order valence-electron chi connectivity index (χ0n) is 7.87. The third-order valence-corrected chi connectivity index (χ3v) is 2.17. The van der Waals surface area contributed by atoms with Crippen molar-refractivity contribution in [2.45, 2.75) is 6.92 Å². The van der Waals surface area contributed by atoms with Crippen molar-refractivity contribution < 1.29 is 4.39 Å². The van der Waals surface area contributed by atoms with Crippen LogP contribution in [0.3, 0.4) is 0 Å². The second-order valence-electron chi connectivity index (χ2n) is 3.17. The van der Waals surface area contributed by atoms with Gasteiger partial charge in [0.2, 0.25) is 0 Å². The van der Waals surface area contributed by atoms with Gasteiger partial charge in [-0.2, -0.15) is 0 Å². The van der Waals surface area contributed by atoms with E-state index in [1.807, 2.05) is 19.1 Å². The molecule has 2 heteroatoms. The largest absolute Gasteiger partial charge is 0.264 e. The van der Waals surface area contributed by atoms with Crippen LogP contribution in [0.4, 0.5) is 4.39 Å². The first kappa shape index (κ1) is 8.88. The summed E-state index contributed by atoms with van der Waals surface area (Å²) in [6.07, 6.45) is 3.35. The molecular formula is C12H10FN. The molecule has 70 valence electrons. The highest BCUT2D eigenvalue weighted by atomic mass is 19.1. The van der Waals surface area contributed by atoms with Crippen LogP contribution in [0.1, 0.15) is 5.56 Å². The summed E-state index contributed by atoms with van der Waals surface area (Å²) in [5.41, 5.74) is 2.39. The Morgan fingerprint density at radius 1 is 1.14 bits per heavy atom. The lowest BCUT2D eigenvalue weighted by Gasteiger charge is -2.05. The molecule has 0 aliphatic rings. The molecule has 2 aromatic rings. The van der Waals surface area contributed by atoms with Gasteiger partial charge in [-0.3, -0.25) is 4.98 Å². The fraction of sp³-hybridized carbons (Fsp3) is 0.0833. The first-order valence-corrected chi connectivity index (χ1v) is 4.44. The van der Waals surface area contributed by atoms with Gasteiger partial charge in [0.25, 0.3) is 0 Å². The maximum atomic E-state index is 13.5. The molecule has 0 amide bonds. The van der Waals surface area contributed by atoms with Crippen LogP contribution in [-0.2, 0) is 0 Å². The lowest BCUT2D eigenvalue weighted by molar-refractivity contribution is 0.630. The van der Waals surface area contributed by atoms with E-state index in [-0.39, 0.29) is 5.82 Å². The molecule has 0 unspecified atom stereocenters. The smallest absolute Gasteiger partial charge is 0.131 e. The Kier molecular flexibility index (Phi) is 2.27. The summed E-state index contributed by atoms with van der Waals surface area (Å²) in [6, 6.07) is 8.74. The van der Waals surface area contributed by atoms with E-state index in [0.29, 0.717) is 5.56 Å². The van der Waals surface area contributed by atoms with Crippen LogP contribution in [0.25, 0.3) is 11.1 Å². The summed E-state index contributed by atoms with van der Waals surface area (Å²) >= 11 is 0. The summed E-state index contributed by atoms with van der Waals surface area (Å²) in [4.78, 5) is 3.98. The van der Waals surface area contributed by atoms with Gasteiger partial charge in [0, 0.05) is 23.5 Å².